The van der Waals surface area contributed by atoms with Crippen LogP contribution in [0.5, 0.6) is 28.7 Å². The topological polar surface area (TPSA) is 269 Å². The molecule has 3 heterocycles. The van der Waals surface area contributed by atoms with Crippen LogP contribution in [-0.4, -0.2) is 120 Å². The number of benzene rings is 2. The lowest BCUT2D eigenvalue weighted by atomic mass is 9.99. The molecular weight excluding hydrogens is 568 g/mol. The van der Waals surface area contributed by atoms with Crippen molar-refractivity contribution in [1.29, 1.82) is 0 Å². The van der Waals surface area contributed by atoms with Crippen LogP contribution >= 0.6 is 0 Å². The van der Waals surface area contributed by atoms with Crippen molar-refractivity contribution in [2.24, 2.45) is 0 Å². The SMILES string of the molecule is O=c1c(O[C@@H]2OC[C@H](O)[C@H](O)[C@H]2O)c(-c2ccc(O)c(O)c2)oc2cc(O[C@@H]3O[C@H](CO)[C@@H](O)[C@H](O)[C@H]3O)cc(O)c12. The van der Waals surface area contributed by atoms with E-state index in [0.29, 0.717) is 0 Å². The Morgan fingerprint density at radius 2 is 1.50 bits per heavy atom. The molecule has 5 rings (SSSR count). The summed E-state index contributed by atoms with van der Waals surface area (Å²) >= 11 is 0. The maximum atomic E-state index is 13.6. The zero-order valence-electron chi connectivity index (χ0n) is 21.4. The van der Waals surface area contributed by atoms with E-state index in [-0.39, 0.29) is 22.7 Å². The van der Waals surface area contributed by atoms with Crippen LogP contribution in [0.2, 0.25) is 0 Å². The molecule has 1 aromatic heterocycles. The first kappa shape index (κ1) is 29.8. The van der Waals surface area contributed by atoms with Crippen LogP contribution in [0.15, 0.2) is 39.5 Å². The molecular formula is C26H28O16. The van der Waals surface area contributed by atoms with E-state index in [1.807, 2.05) is 0 Å². The van der Waals surface area contributed by atoms with Gasteiger partial charge in [0.1, 0.15) is 65.2 Å². The largest absolute Gasteiger partial charge is 0.507 e. The maximum absolute atomic E-state index is 13.6. The molecule has 0 saturated carbocycles. The molecule has 0 radical (unpaired) electrons. The average molecular weight is 596 g/mol. The molecule has 0 amide bonds. The summed E-state index contributed by atoms with van der Waals surface area (Å²) < 4.78 is 27.5. The molecule has 2 aliphatic heterocycles. The second-order valence-electron chi connectivity index (χ2n) is 9.79. The molecule has 2 fully saturated rings. The van der Waals surface area contributed by atoms with Crippen molar-refractivity contribution in [2.75, 3.05) is 13.2 Å². The lowest BCUT2D eigenvalue weighted by molar-refractivity contribution is -0.277. The third-order valence-corrected chi connectivity index (χ3v) is 6.93. The summed E-state index contributed by atoms with van der Waals surface area (Å²) in [6.45, 7) is -1.18. The van der Waals surface area contributed by atoms with Crippen LogP contribution in [0.1, 0.15) is 0 Å². The molecule has 16 heteroatoms. The summed E-state index contributed by atoms with van der Waals surface area (Å²) in [4.78, 5) is 13.6. The Hall–Kier alpha value is -3.71. The van der Waals surface area contributed by atoms with E-state index in [1.54, 1.807) is 0 Å². The van der Waals surface area contributed by atoms with E-state index in [4.69, 9.17) is 23.4 Å². The van der Waals surface area contributed by atoms with Gasteiger partial charge in [-0.15, -0.1) is 0 Å². The van der Waals surface area contributed by atoms with Gasteiger partial charge in [0.25, 0.3) is 0 Å². The number of phenols is 3. The number of hydrogen-bond donors (Lipinski definition) is 10. The molecule has 2 aromatic carbocycles. The van der Waals surface area contributed by atoms with Gasteiger partial charge in [-0.3, -0.25) is 4.79 Å². The molecule has 42 heavy (non-hydrogen) atoms. The number of aliphatic hydroxyl groups is 7. The Kier molecular flexibility index (Phi) is 8.17. The Labute approximate surface area is 235 Å². The van der Waals surface area contributed by atoms with Crippen molar-refractivity contribution >= 4 is 11.0 Å². The molecule has 0 bridgehead atoms. The Morgan fingerprint density at radius 1 is 0.786 bits per heavy atom. The van der Waals surface area contributed by atoms with Crippen molar-refractivity contribution in [1.82, 2.24) is 0 Å². The summed E-state index contributed by atoms with van der Waals surface area (Å²) in [5, 5.41) is 99.9. The van der Waals surface area contributed by atoms with Crippen LogP contribution in [0.25, 0.3) is 22.3 Å². The lowest BCUT2D eigenvalue weighted by Crippen LogP contribution is -2.60. The van der Waals surface area contributed by atoms with E-state index in [9.17, 15) is 55.9 Å². The van der Waals surface area contributed by atoms with Gasteiger partial charge < -0.3 is 74.4 Å². The van der Waals surface area contributed by atoms with Gasteiger partial charge in [-0.05, 0) is 18.2 Å². The van der Waals surface area contributed by atoms with E-state index >= 15 is 0 Å². The molecule has 0 spiro atoms. The monoisotopic (exact) mass is 596 g/mol. The van der Waals surface area contributed by atoms with Gasteiger partial charge in [0, 0.05) is 17.7 Å². The number of fused-ring (bicyclic) bond motifs is 1. The minimum absolute atomic E-state index is 0.0232. The van der Waals surface area contributed by atoms with Crippen LogP contribution < -0.4 is 14.9 Å². The fourth-order valence-electron chi connectivity index (χ4n) is 4.59. The van der Waals surface area contributed by atoms with Crippen molar-refractivity contribution in [3.8, 4) is 40.1 Å². The Bertz CT molecular complexity index is 1500. The zero-order chi connectivity index (χ0) is 30.5. The number of rotatable bonds is 6. The van der Waals surface area contributed by atoms with Crippen LogP contribution in [-0.2, 0) is 9.47 Å². The highest BCUT2D eigenvalue weighted by Gasteiger charge is 2.45. The van der Waals surface area contributed by atoms with Gasteiger partial charge in [-0.1, -0.05) is 0 Å². The van der Waals surface area contributed by atoms with Crippen molar-refractivity contribution in [3.63, 3.8) is 0 Å². The highest BCUT2D eigenvalue weighted by molar-refractivity contribution is 5.88. The summed E-state index contributed by atoms with van der Waals surface area (Å²) in [6.07, 6.45) is -14.7. The van der Waals surface area contributed by atoms with Gasteiger partial charge >= 0.3 is 0 Å². The van der Waals surface area contributed by atoms with Crippen molar-refractivity contribution in [3.05, 3.63) is 40.6 Å². The zero-order valence-corrected chi connectivity index (χ0v) is 21.4. The smallest absolute Gasteiger partial charge is 0.239 e. The molecule has 3 aromatic rings. The fourth-order valence-corrected chi connectivity index (χ4v) is 4.59. The minimum Gasteiger partial charge on any atom is -0.507 e. The molecule has 228 valence electrons. The standard InChI is InChI=1S/C26H28O16/c27-6-15-18(33)20(35)22(37)26(41-15)39-9-4-12(30)16-14(5-9)40-23(8-1-2-10(28)11(29)3-8)24(19(16)34)42-25-21(36)17(32)13(31)7-38-25/h1-5,13,15,17-18,20-22,25-33,35-37H,6-7H2/t13-,15+,17-,18+,20-,21+,22+,25-,26+/m0/s1. The van der Waals surface area contributed by atoms with Crippen molar-refractivity contribution in [2.45, 2.75) is 55.3 Å². The molecule has 0 aliphatic carbocycles. The van der Waals surface area contributed by atoms with Gasteiger partial charge in [-0.2, -0.15) is 0 Å². The second-order valence-corrected chi connectivity index (χ2v) is 9.79. The van der Waals surface area contributed by atoms with Crippen LogP contribution in [0, 0.1) is 0 Å². The molecule has 2 aliphatic rings. The van der Waals surface area contributed by atoms with Crippen LogP contribution in [0.4, 0.5) is 0 Å². The minimum atomic E-state index is -1.81. The first-order valence-electron chi connectivity index (χ1n) is 12.6. The number of aromatic hydroxyl groups is 3. The maximum Gasteiger partial charge on any atom is 0.239 e. The highest BCUT2D eigenvalue weighted by Crippen LogP contribution is 2.40. The van der Waals surface area contributed by atoms with E-state index in [2.05, 4.69) is 0 Å². The highest BCUT2D eigenvalue weighted by atomic mass is 16.7. The van der Waals surface area contributed by atoms with Gasteiger partial charge in [0.15, 0.2) is 17.3 Å². The molecule has 10 N–H and O–H groups in total. The average Bonchev–Trinajstić information content (AvgIpc) is 2.95. The van der Waals surface area contributed by atoms with Gasteiger partial charge in [0.05, 0.1) is 13.2 Å². The second kappa shape index (κ2) is 11.5. The Balaban J connectivity index is 1.59. The van der Waals surface area contributed by atoms with Crippen molar-refractivity contribution < 1.29 is 74.4 Å². The third kappa shape index (κ3) is 5.31. The third-order valence-electron chi connectivity index (χ3n) is 6.93. The fraction of sp³-hybridized carbons (Fsp3) is 0.423. The number of hydrogen-bond acceptors (Lipinski definition) is 16. The Morgan fingerprint density at radius 3 is 2.19 bits per heavy atom. The normalized spacial score (nSPS) is 31.6. The summed E-state index contributed by atoms with van der Waals surface area (Å²) in [5.41, 5.74) is -1.35. The predicted octanol–water partition coefficient (Wildman–Crippen LogP) is -2.43. The summed E-state index contributed by atoms with van der Waals surface area (Å²) in [7, 11) is 0. The number of aliphatic hydroxyl groups excluding tert-OH is 7. The van der Waals surface area contributed by atoms with Crippen LogP contribution in [0.3, 0.4) is 0 Å². The van der Waals surface area contributed by atoms with E-state index in [1.165, 1.54) is 6.07 Å². The number of ether oxygens (including phenoxy) is 4. The van der Waals surface area contributed by atoms with Gasteiger partial charge in [-0.25, -0.2) is 0 Å². The van der Waals surface area contributed by atoms with Gasteiger partial charge in [0.2, 0.25) is 23.8 Å². The lowest BCUT2D eigenvalue weighted by Gasteiger charge is -2.39. The number of phenolic OH excluding ortho intramolecular Hbond substituents is 3. The summed E-state index contributed by atoms with van der Waals surface area (Å²) in [6, 6.07) is 5.41. The molecule has 9 atom stereocenters. The van der Waals surface area contributed by atoms with E-state index < -0.39 is 102 Å². The van der Waals surface area contributed by atoms with E-state index in [0.717, 1.165) is 24.3 Å². The quantitative estimate of drug-likeness (QED) is 0.133. The first-order valence-corrected chi connectivity index (χ1v) is 12.6. The molecule has 2 saturated heterocycles. The molecule has 0 unspecified atom stereocenters. The molecule has 16 nitrogen and oxygen atoms in total. The summed E-state index contributed by atoms with van der Waals surface area (Å²) in [5.74, 6) is -3.09. The first-order chi connectivity index (χ1) is 19.9. The predicted molar refractivity (Wildman–Crippen MR) is 136 cm³/mol.